The summed E-state index contributed by atoms with van der Waals surface area (Å²) in [6.45, 7) is 3.76. The zero-order chi connectivity index (χ0) is 24.6. The van der Waals surface area contributed by atoms with E-state index in [-0.39, 0.29) is 10.5 Å². The third-order valence-corrected chi connectivity index (χ3v) is 7.40. The Balaban J connectivity index is 1.64. The Hall–Kier alpha value is -3.49. The van der Waals surface area contributed by atoms with Gasteiger partial charge in [-0.25, -0.2) is 13.2 Å². The van der Waals surface area contributed by atoms with Crippen LogP contribution in [0.2, 0.25) is 0 Å². The van der Waals surface area contributed by atoms with Crippen LogP contribution in [-0.4, -0.2) is 44.3 Å². The molecule has 0 spiro atoms. The number of carbonyl (C=O) groups excluding carboxylic acids is 2. The number of ether oxygens (including phenoxy) is 1. The molecule has 1 amide bonds. The van der Waals surface area contributed by atoms with Crippen LogP contribution in [0, 0.1) is 0 Å². The molecule has 0 bridgehead atoms. The van der Waals surface area contributed by atoms with Gasteiger partial charge in [0.05, 0.1) is 16.5 Å². The molecule has 0 saturated heterocycles. The molecule has 0 atom stereocenters. The zero-order valence-electron chi connectivity index (χ0n) is 19.2. The minimum atomic E-state index is -3.62. The summed E-state index contributed by atoms with van der Waals surface area (Å²) in [6.07, 6.45) is 0. The lowest BCUT2D eigenvalue weighted by molar-refractivity contribution is -0.124. The highest BCUT2D eigenvalue weighted by Crippen LogP contribution is 2.22. The molecule has 178 valence electrons. The maximum atomic E-state index is 12.6. The summed E-state index contributed by atoms with van der Waals surface area (Å²) in [5.74, 6) is -1.16. The van der Waals surface area contributed by atoms with E-state index in [1.807, 2.05) is 60.7 Å². The second kappa shape index (κ2) is 11.6. The molecule has 0 aliphatic rings. The molecule has 3 aromatic carbocycles. The highest BCUT2D eigenvalue weighted by Gasteiger charge is 2.22. The minimum Gasteiger partial charge on any atom is -0.452 e. The Labute approximate surface area is 200 Å². The molecule has 34 heavy (non-hydrogen) atoms. The summed E-state index contributed by atoms with van der Waals surface area (Å²) in [5.41, 5.74) is 1.96. The van der Waals surface area contributed by atoms with Crippen LogP contribution in [0.15, 0.2) is 89.8 Å². The van der Waals surface area contributed by atoms with E-state index in [9.17, 15) is 18.0 Å². The third-order valence-electron chi connectivity index (χ3n) is 5.34. The highest BCUT2D eigenvalue weighted by atomic mass is 32.2. The maximum Gasteiger partial charge on any atom is 0.338 e. The van der Waals surface area contributed by atoms with Gasteiger partial charge in [0, 0.05) is 13.1 Å². The summed E-state index contributed by atoms with van der Waals surface area (Å²) >= 11 is 0. The van der Waals surface area contributed by atoms with Crippen molar-refractivity contribution in [3.8, 4) is 0 Å². The topological polar surface area (TPSA) is 92.8 Å². The summed E-state index contributed by atoms with van der Waals surface area (Å²) in [5, 5.41) is 2.91. The number of sulfonamides is 1. The lowest BCUT2D eigenvalue weighted by atomic mass is 9.99. The van der Waals surface area contributed by atoms with Crippen LogP contribution in [0.5, 0.6) is 0 Å². The number of carbonyl (C=O) groups is 2. The number of benzene rings is 3. The molecule has 1 N–H and O–H groups in total. The highest BCUT2D eigenvalue weighted by molar-refractivity contribution is 7.89. The monoisotopic (exact) mass is 480 g/mol. The van der Waals surface area contributed by atoms with Crippen LogP contribution in [-0.2, 0) is 19.6 Å². The quantitative estimate of drug-likeness (QED) is 0.446. The first-order valence-electron chi connectivity index (χ1n) is 11.0. The number of amides is 1. The van der Waals surface area contributed by atoms with Crippen LogP contribution in [0.1, 0.15) is 41.4 Å². The van der Waals surface area contributed by atoms with Gasteiger partial charge in [0.15, 0.2) is 6.61 Å². The normalized spacial score (nSPS) is 11.4. The van der Waals surface area contributed by atoms with Gasteiger partial charge in [-0.15, -0.1) is 0 Å². The van der Waals surface area contributed by atoms with Crippen molar-refractivity contribution in [3.05, 3.63) is 102 Å². The molecule has 0 aromatic heterocycles. The standard InChI is InChI=1S/C26H28N2O5S/c1-3-28(4-2)34(31,32)23-17-15-22(16-18-23)26(30)33-19-24(29)27-25(20-11-7-5-8-12-20)21-13-9-6-10-14-21/h5-18,25H,3-4,19H2,1-2H3,(H,27,29). The van der Waals surface area contributed by atoms with Crippen molar-refractivity contribution >= 4 is 21.9 Å². The third kappa shape index (κ3) is 6.09. The number of hydrogen-bond acceptors (Lipinski definition) is 5. The van der Waals surface area contributed by atoms with Crippen molar-refractivity contribution in [1.82, 2.24) is 9.62 Å². The van der Waals surface area contributed by atoms with E-state index in [1.165, 1.54) is 28.6 Å². The predicted octanol–water partition coefficient (Wildman–Crippen LogP) is 3.78. The largest absolute Gasteiger partial charge is 0.452 e. The number of esters is 1. The van der Waals surface area contributed by atoms with E-state index in [4.69, 9.17) is 4.74 Å². The lowest BCUT2D eigenvalue weighted by Gasteiger charge is -2.20. The molecule has 0 aliphatic carbocycles. The van der Waals surface area contributed by atoms with E-state index < -0.39 is 34.5 Å². The first-order valence-corrected chi connectivity index (χ1v) is 12.5. The zero-order valence-corrected chi connectivity index (χ0v) is 20.0. The van der Waals surface area contributed by atoms with E-state index in [0.29, 0.717) is 13.1 Å². The molecule has 0 heterocycles. The molecule has 0 radical (unpaired) electrons. The molecular weight excluding hydrogens is 452 g/mol. The van der Waals surface area contributed by atoms with Gasteiger partial charge in [0.1, 0.15) is 0 Å². The van der Waals surface area contributed by atoms with Gasteiger partial charge in [0.2, 0.25) is 10.0 Å². The van der Waals surface area contributed by atoms with Crippen molar-refractivity contribution < 1.29 is 22.7 Å². The molecule has 8 heteroatoms. The predicted molar refractivity (Wildman–Crippen MR) is 130 cm³/mol. The number of rotatable bonds is 10. The molecule has 0 fully saturated rings. The van der Waals surface area contributed by atoms with Crippen molar-refractivity contribution in [2.24, 2.45) is 0 Å². The first-order chi connectivity index (χ1) is 16.4. The van der Waals surface area contributed by atoms with E-state index >= 15 is 0 Å². The lowest BCUT2D eigenvalue weighted by Crippen LogP contribution is -2.33. The van der Waals surface area contributed by atoms with Crippen molar-refractivity contribution in [2.45, 2.75) is 24.8 Å². The molecular formula is C26H28N2O5S. The molecule has 0 aliphatic heterocycles. The number of nitrogens with zero attached hydrogens (tertiary/aromatic N) is 1. The Morgan fingerprint density at radius 3 is 1.79 bits per heavy atom. The summed E-state index contributed by atoms with van der Waals surface area (Å²) in [4.78, 5) is 25.1. The SMILES string of the molecule is CCN(CC)S(=O)(=O)c1ccc(C(=O)OCC(=O)NC(c2ccccc2)c2ccccc2)cc1. The first kappa shape index (κ1) is 25.1. The summed E-state index contributed by atoms with van der Waals surface area (Å²) in [6, 6.07) is 24.1. The number of hydrogen-bond donors (Lipinski definition) is 1. The van der Waals surface area contributed by atoms with E-state index in [2.05, 4.69) is 5.32 Å². The number of nitrogens with one attached hydrogen (secondary N) is 1. The van der Waals surface area contributed by atoms with Gasteiger partial charge in [-0.3, -0.25) is 4.79 Å². The summed E-state index contributed by atoms with van der Waals surface area (Å²) in [7, 11) is -3.62. The van der Waals surface area contributed by atoms with Crippen LogP contribution >= 0.6 is 0 Å². The van der Waals surface area contributed by atoms with Gasteiger partial charge in [-0.1, -0.05) is 74.5 Å². The fourth-order valence-electron chi connectivity index (χ4n) is 3.54. The smallest absolute Gasteiger partial charge is 0.338 e. The molecule has 0 unspecified atom stereocenters. The van der Waals surface area contributed by atoms with Crippen molar-refractivity contribution in [3.63, 3.8) is 0 Å². The molecule has 3 rings (SSSR count). The van der Waals surface area contributed by atoms with Crippen molar-refractivity contribution in [1.29, 1.82) is 0 Å². The Morgan fingerprint density at radius 2 is 1.32 bits per heavy atom. The minimum absolute atomic E-state index is 0.0963. The fraction of sp³-hybridized carbons (Fsp3) is 0.231. The summed E-state index contributed by atoms with van der Waals surface area (Å²) < 4.78 is 31.7. The van der Waals surface area contributed by atoms with E-state index in [0.717, 1.165) is 11.1 Å². The van der Waals surface area contributed by atoms with Crippen LogP contribution in [0.3, 0.4) is 0 Å². The Kier molecular flexibility index (Phi) is 8.56. The van der Waals surface area contributed by atoms with Gasteiger partial charge in [-0.05, 0) is 35.4 Å². The van der Waals surface area contributed by atoms with Gasteiger partial charge >= 0.3 is 5.97 Å². The van der Waals surface area contributed by atoms with Gasteiger partial charge in [-0.2, -0.15) is 4.31 Å². The molecule has 3 aromatic rings. The fourth-order valence-corrected chi connectivity index (χ4v) is 5.00. The van der Waals surface area contributed by atoms with Gasteiger partial charge in [0.25, 0.3) is 5.91 Å². The van der Waals surface area contributed by atoms with Crippen LogP contribution in [0.4, 0.5) is 0 Å². The second-order valence-electron chi connectivity index (χ2n) is 7.51. The van der Waals surface area contributed by atoms with Crippen LogP contribution in [0.25, 0.3) is 0 Å². The Morgan fingerprint density at radius 1 is 0.824 bits per heavy atom. The maximum absolute atomic E-state index is 12.6. The van der Waals surface area contributed by atoms with Crippen LogP contribution < -0.4 is 5.32 Å². The Bertz CT molecular complexity index is 1150. The van der Waals surface area contributed by atoms with Gasteiger partial charge < -0.3 is 10.1 Å². The molecule has 7 nitrogen and oxygen atoms in total. The van der Waals surface area contributed by atoms with Crippen molar-refractivity contribution in [2.75, 3.05) is 19.7 Å². The second-order valence-corrected chi connectivity index (χ2v) is 9.45. The average molecular weight is 481 g/mol. The van der Waals surface area contributed by atoms with E-state index in [1.54, 1.807) is 13.8 Å². The molecule has 0 saturated carbocycles. The average Bonchev–Trinajstić information content (AvgIpc) is 2.87.